The van der Waals surface area contributed by atoms with E-state index in [9.17, 15) is 8.42 Å². The summed E-state index contributed by atoms with van der Waals surface area (Å²) < 4.78 is 32.8. The molecule has 2 aliphatic rings. The first-order chi connectivity index (χ1) is 9.55. The molecule has 2 aliphatic heterocycles. The number of fused-ring (bicyclic) bond motifs is 2. The highest BCUT2D eigenvalue weighted by Crippen LogP contribution is 2.34. The standard InChI is InChI=1S/C14H19NO4S/c16-8-10-2-1-3-11(6-10)9-20(17,18)15-13-7-12-4-5-14(13)19-12/h1-3,6,12-16H,4-5,7-9H2. The first-order valence-corrected chi connectivity index (χ1v) is 8.55. The number of ether oxygens (including phenoxy) is 1. The first-order valence-electron chi connectivity index (χ1n) is 6.90. The molecule has 1 aromatic carbocycles. The number of aliphatic hydroxyl groups excluding tert-OH is 1. The van der Waals surface area contributed by atoms with Crippen LogP contribution in [-0.2, 0) is 27.1 Å². The lowest BCUT2D eigenvalue weighted by atomic mass is 9.96. The maximum Gasteiger partial charge on any atom is 0.216 e. The Labute approximate surface area is 119 Å². The van der Waals surface area contributed by atoms with E-state index in [4.69, 9.17) is 9.84 Å². The second-order valence-electron chi connectivity index (χ2n) is 5.57. The van der Waals surface area contributed by atoms with Gasteiger partial charge in [-0.05, 0) is 30.4 Å². The summed E-state index contributed by atoms with van der Waals surface area (Å²) in [6.45, 7) is -0.0818. The van der Waals surface area contributed by atoms with Gasteiger partial charge in [0.15, 0.2) is 0 Å². The highest BCUT2D eigenvalue weighted by atomic mass is 32.2. The Balaban J connectivity index is 1.66. The van der Waals surface area contributed by atoms with Gasteiger partial charge in [-0.3, -0.25) is 0 Å². The third kappa shape index (κ3) is 3.03. The van der Waals surface area contributed by atoms with Gasteiger partial charge in [-0.2, -0.15) is 0 Å². The summed E-state index contributed by atoms with van der Waals surface area (Å²) in [4.78, 5) is 0. The molecule has 2 fully saturated rings. The van der Waals surface area contributed by atoms with Gasteiger partial charge in [0, 0.05) is 0 Å². The molecule has 6 heteroatoms. The number of benzene rings is 1. The van der Waals surface area contributed by atoms with Crippen molar-refractivity contribution >= 4 is 10.0 Å². The summed E-state index contributed by atoms with van der Waals surface area (Å²) in [6.07, 6.45) is 3.03. The van der Waals surface area contributed by atoms with Crippen molar-refractivity contribution in [2.75, 3.05) is 0 Å². The van der Waals surface area contributed by atoms with Gasteiger partial charge >= 0.3 is 0 Å². The fourth-order valence-corrected chi connectivity index (χ4v) is 4.48. The number of aliphatic hydroxyl groups is 1. The molecular weight excluding hydrogens is 278 g/mol. The first kappa shape index (κ1) is 14.0. The van der Waals surface area contributed by atoms with Gasteiger partial charge in [-0.25, -0.2) is 13.1 Å². The van der Waals surface area contributed by atoms with E-state index in [-0.39, 0.29) is 30.6 Å². The Morgan fingerprint density at radius 2 is 2.10 bits per heavy atom. The van der Waals surface area contributed by atoms with Crippen molar-refractivity contribution < 1.29 is 18.3 Å². The zero-order valence-electron chi connectivity index (χ0n) is 11.2. The highest BCUT2D eigenvalue weighted by Gasteiger charge is 2.42. The van der Waals surface area contributed by atoms with E-state index in [1.807, 2.05) is 0 Å². The van der Waals surface area contributed by atoms with Crippen LogP contribution < -0.4 is 4.72 Å². The molecule has 2 N–H and O–H groups in total. The Kier molecular flexibility index (Phi) is 3.81. The molecule has 20 heavy (non-hydrogen) atoms. The number of nitrogens with one attached hydrogen (secondary N) is 1. The molecule has 3 atom stereocenters. The van der Waals surface area contributed by atoms with Crippen LogP contribution in [0.3, 0.4) is 0 Å². The van der Waals surface area contributed by atoms with E-state index in [0.29, 0.717) is 5.56 Å². The highest BCUT2D eigenvalue weighted by molar-refractivity contribution is 7.88. The van der Waals surface area contributed by atoms with E-state index in [0.717, 1.165) is 24.8 Å². The molecule has 2 heterocycles. The fraction of sp³-hybridized carbons (Fsp3) is 0.571. The summed E-state index contributed by atoms with van der Waals surface area (Å²) in [5.41, 5.74) is 1.41. The molecule has 3 unspecified atom stereocenters. The second-order valence-corrected chi connectivity index (χ2v) is 7.32. The molecule has 0 amide bonds. The Bertz CT molecular complexity index is 587. The van der Waals surface area contributed by atoms with E-state index in [1.165, 1.54) is 0 Å². The van der Waals surface area contributed by atoms with Crippen molar-refractivity contribution in [1.29, 1.82) is 0 Å². The van der Waals surface area contributed by atoms with Crippen molar-refractivity contribution in [3.05, 3.63) is 35.4 Å². The molecule has 0 aromatic heterocycles. The maximum absolute atomic E-state index is 12.2. The lowest BCUT2D eigenvalue weighted by molar-refractivity contribution is 0.0996. The molecule has 0 spiro atoms. The smallest absolute Gasteiger partial charge is 0.216 e. The van der Waals surface area contributed by atoms with Crippen LogP contribution >= 0.6 is 0 Å². The quantitative estimate of drug-likeness (QED) is 0.847. The van der Waals surface area contributed by atoms with E-state index in [1.54, 1.807) is 24.3 Å². The van der Waals surface area contributed by atoms with Crippen molar-refractivity contribution in [2.45, 2.75) is 49.9 Å². The van der Waals surface area contributed by atoms with Crippen LogP contribution in [0.25, 0.3) is 0 Å². The van der Waals surface area contributed by atoms with E-state index in [2.05, 4.69) is 4.72 Å². The van der Waals surface area contributed by atoms with Gasteiger partial charge in [-0.1, -0.05) is 24.3 Å². The van der Waals surface area contributed by atoms with Crippen LogP contribution in [0.4, 0.5) is 0 Å². The largest absolute Gasteiger partial charge is 0.392 e. The van der Waals surface area contributed by atoms with Gasteiger partial charge in [0.25, 0.3) is 0 Å². The van der Waals surface area contributed by atoms with Crippen LogP contribution in [0, 0.1) is 0 Å². The predicted octanol–water partition coefficient (Wildman–Crippen LogP) is 0.918. The minimum Gasteiger partial charge on any atom is -0.392 e. The number of hydrogen-bond acceptors (Lipinski definition) is 4. The zero-order valence-corrected chi connectivity index (χ0v) is 12.0. The molecule has 2 bridgehead atoms. The lowest BCUT2D eigenvalue weighted by Crippen LogP contribution is -2.41. The van der Waals surface area contributed by atoms with Gasteiger partial charge in [0.05, 0.1) is 30.6 Å². The van der Waals surface area contributed by atoms with Crippen LogP contribution in [0.2, 0.25) is 0 Å². The Morgan fingerprint density at radius 3 is 2.75 bits per heavy atom. The topological polar surface area (TPSA) is 75.6 Å². The monoisotopic (exact) mass is 297 g/mol. The number of rotatable bonds is 5. The summed E-state index contributed by atoms with van der Waals surface area (Å²) in [7, 11) is -3.38. The van der Waals surface area contributed by atoms with Crippen LogP contribution in [0.5, 0.6) is 0 Å². The molecular formula is C14H19NO4S. The third-order valence-electron chi connectivity index (χ3n) is 3.97. The average Bonchev–Trinajstić information content (AvgIpc) is 3.00. The molecule has 110 valence electrons. The zero-order chi connectivity index (χ0) is 14.2. The molecule has 1 aromatic rings. The van der Waals surface area contributed by atoms with Crippen LogP contribution in [0.1, 0.15) is 30.4 Å². The molecule has 0 radical (unpaired) electrons. The fourth-order valence-electron chi connectivity index (χ4n) is 3.07. The summed E-state index contributed by atoms with van der Waals surface area (Å²) >= 11 is 0. The van der Waals surface area contributed by atoms with Gasteiger partial charge in [0.1, 0.15) is 0 Å². The normalized spacial score (nSPS) is 28.9. The molecule has 0 aliphatic carbocycles. The molecule has 0 saturated carbocycles. The summed E-state index contributed by atoms with van der Waals surface area (Å²) in [6, 6.07) is 6.93. The average molecular weight is 297 g/mol. The summed E-state index contributed by atoms with van der Waals surface area (Å²) in [5, 5.41) is 9.08. The molecule has 3 rings (SSSR count). The van der Waals surface area contributed by atoms with Gasteiger partial charge in [0.2, 0.25) is 10.0 Å². The Morgan fingerprint density at radius 1 is 1.30 bits per heavy atom. The lowest BCUT2D eigenvalue weighted by Gasteiger charge is -2.20. The van der Waals surface area contributed by atoms with Crippen molar-refractivity contribution in [3.8, 4) is 0 Å². The minimum absolute atomic E-state index is 0.0403. The van der Waals surface area contributed by atoms with E-state index >= 15 is 0 Å². The number of sulfonamides is 1. The Hall–Kier alpha value is -0.950. The second kappa shape index (κ2) is 5.44. The van der Waals surface area contributed by atoms with Gasteiger partial charge in [-0.15, -0.1) is 0 Å². The third-order valence-corrected chi connectivity index (χ3v) is 5.34. The van der Waals surface area contributed by atoms with Crippen molar-refractivity contribution in [2.24, 2.45) is 0 Å². The van der Waals surface area contributed by atoms with Crippen LogP contribution in [-0.4, -0.2) is 31.8 Å². The van der Waals surface area contributed by atoms with Crippen LogP contribution in [0.15, 0.2) is 24.3 Å². The number of hydrogen-bond donors (Lipinski definition) is 2. The van der Waals surface area contributed by atoms with Gasteiger partial charge < -0.3 is 9.84 Å². The van der Waals surface area contributed by atoms with Crippen molar-refractivity contribution in [3.63, 3.8) is 0 Å². The summed E-state index contributed by atoms with van der Waals surface area (Å²) in [5.74, 6) is -0.0608. The predicted molar refractivity (Wildman–Crippen MR) is 74.4 cm³/mol. The maximum atomic E-state index is 12.2. The van der Waals surface area contributed by atoms with Crippen molar-refractivity contribution in [1.82, 2.24) is 4.72 Å². The molecule has 5 nitrogen and oxygen atoms in total. The minimum atomic E-state index is -3.38. The van der Waals surface area contributed by atoms with E-state index < -0.39 is 10.0 Å². The molecule has 2 saturated heterocycles. The SMILES string of the molecule is O=S(=O)(Cc1cccc(CO)c1)NC1CC2CCC1O2.